The summed E-state index contributed by atoms with van der Waals surface area (Å²) in [6.07, 6.45) is 4.87. The van der Waals surface area contributed by atoms with Crippen LogP contribution in [0.2, 0.25) is 0 Å². The maximum atomic E-state index is 6.05. The van der Waals surface area contributed by atoms with Gasteiger partial charge < -0.3 is 22.0 Å². The van der Waals surface area contributed by atoms with Crippen molar-refractivity contribution in [2.45, 2.75) is 25.5 Å². The van der Waals surface area contributed by atoms with Gasteiger partial charge in [-0.2, -0.15) is 10.2 Å². The van der Waals surface area contributed by atoms with E-state index in [2.05, 4.69) is 10.2 Å². The number of nitrogen functional groups attached to an aromatic ring is 1. The number of hydrazone groups is 1. The highest BCUT2D eigenvalue weighted by Gasteiger charge is 2.19. The minimum absolute atomic E-state index is 0.0491. The predicted octanol–water partition coefficient (Wildman–Crippen LogP) is 0.897. The zero-order valence-electron chi connectivity index (χ0n) is 11.1. The molecule has 0 amide bonds. The van der Waals surface area contributed by atoms with E-state index >= 15 is 0 Å². The summed E-state index contributed by atoms with van der Waals surface area (Å²) < 4.78 is 7.63. The van der Waals surface area contributed by atoms with Crippen LogP contribution in [0.15, 0.2) is 23.4 Å². The van der Waals surface area contributed by atoms with Crippen LogP contribution >= 0.6 is 0 Å². The van der Waals surface area contributed by atoms with Crippen molar-refractivity contribution in [2.24, 2.45) is 16.7 Å². The summed E-state index contributed by atoms with van der Waals surface area (Å²) in [5, 5.41) is 8.80. The van der Waals surface area contributed by atoms with Crippen molar-refractivity contribution in [3.05, 3.63) is 23.9 Å². The number of amidine groups is 1. The Kier molecular flexibility index (Phi) is 3.19. The van der Waals surface area contributed by atoms with E-state index < -0.39 is 0 Å². The molecule has 1 aromatic heterocycles. The van der Waals surface area contributed by atoms with Crippen LogP contribution < -0.4 is 17.3 Å². The lowest BCUT2D eigenvalue weighted by Crippen LogP contribution is -2.19. The molecule has 2 heterocycles. The first-order valence-corrected chi connectivity index (χ1v) is 6.63. The monoisotopic (exact) mass is 274 g/mol. The third-order valence-electron chi connectivity index (χ3n) is 3.61. The van der Waals surface area contributed by atoms with E-state index in [1.54, 1.807) is 12.3 Å². The summed E-state index contributed by atoms with van der Waals surface area (Å²) in [4.78, 5) is 0. The third kappa shape index (κ3) is 2.05. The summed E-state index contributed by atoms with van der Waals surface area (Å²) in [6.45, 7) is 0.758. The first-order valence-electron chi connectivity index (χ1n) is 6.63. The highest BCUT2D eigenvalue weighted by Crippen LogP contribution is 2.29. The summed E-state index contributed by atoms with van der Waals surface area (Å²) in [7, 11) is 0. The van der Waals surface area contributed by atoms with Crippen molar-refractivity contribution in [2.75, 3.05) is 12.3 Å². The summed E-state index contributed by atoms with van der Waals surface area (Å²) >= 11 is 0. The zero-order valence-corrected chi connectivity index (χ0v) is 11.1. The molecular weight excluding hydrogens is 256 g/mol. The van der Waals surface area contributed by atoms with E-state index in [9.17, 15) is 0 Å². The number of rotatable bonds is 2. The maximum absolute atomic E-state index is 6.05. The fourth-order valence-electron chi connectivity index (χ4n) is 2.54. The van der Waals surface area contributed by atoms with Gasteiger partial charge in [0.15, 0.2) is 6.23 Å². The minimum Gasteiger partial charge on any atom is -0.398 e. The Morgan fingerprint density at radius 1 is 1.40 bits per heavy atom. The first-order chi connectivity index (χ1) is 9.70. The van der Waals surface area contributed by atoms with E-state index in [0.29, 0.717) is 11.3 Å². The smallest absolute Gasteiger partial charge is 0.150 e. The number of nitrogens with zero attached hydrogens (tertiary/aromatic N) is 3. The second-order valence-electron chi connectivity index (χ2n) is 4.92. The lowest BCUT2D eigenvalue weighted by Gasteiger charge is -2.23. The molecule has 1 aromatic carbocycles. The highest BCUT2D eigenvalue weighted by molar-refractivity contribution is 6.03. The van der Waals surface area contributed by atoms with Gasteiger partial charge in [0.2, 0.25) is 0 Å². The topological polar surface area (TPSA) is 117 Å². The van der Waals surface area contributed by atoms with Gasteiger partial charge in [0.25, 0.3) is 0 Å². The zero-order chi connectivity index (χ0) is 14.1. The van der Waals surface area contributed by atoms with Gasteiger partial charge in [-0.15, -0.1) is 0 Å². The van der Waals surface area contributed by atoms with Gasteiger partial charge in [-0.1, -0.05) is 0 Å². The number of ether oxygens (including phenoxy) is 1. The predicted molar refractivity (Wildman–Crippen MR) is 77.9 cm³/mol. The average Bonchev–Trinajstić information content (AvgIpc) is 2.91. The highest BCUT2D eigenvalue weighted by atomic mass is 16.5. The molecule has 1 fully saturated rings. The minimum atomic E-state index is -0.0491. The second kappa shape index (κ2) is 5.01. The molecule has 1 saturated heterocycles. The van der Waals surface area contributed by atoms with Gasteiger partial charge in [-0.25, -0.2) is 4.68 Å². The fourth-order valence-corrected chi connectivity index (χ4v) is 2.54. The van der Waals surface area contributed by atoms with Crippen LogP contribution in [0.1, 0.15) is 31.1 Å². The second-order valence-corrected chi connectivity index (χ2v) is 4.92. The van der Waals surface area contributed by atoms with Gasteiger partial charge in [-0.3, -0.25) is 0 Å². The molecule has 20 heavy (non-hydrogen) atoms. The molecule has 3 rings (SSSR count). The van der Waals surface area contributed by atoms with E-state index in [1.165, 1.54) is 0 Å². The summed E-state index contributed by atoms with van der Waals surface area (Å²) in [6, 6.07) is 3.64. The molecular formula is C13H18N6O. The molecule has 0 aliphatic carbocycles. The van der Waals surface area contributed by atoms with E-state index in [1.807, 2.05) is 10.7 Å². The Labute approximate surface area is 116 Å². The molecule has 6 N–H and O–H groups in total. The Morgan fingerprint density at radius 3 is 2.95 bits per heavy atom. The average molecular weight is 274 g/mol. The van der Waals surface area contributed by atoms with Crippen LogP contribution in [0.3, 0.4) is 0 Å². The molecule has 1 aliphatic rings. The lowest BCUT2D eigenvalue weighted by molar-refractivity contribution is -0.0366. The van der Waals surface area contributed by atoms with Crippen molar-refractivity contribution in [1.82, 2.24) is 9.78 Å². The fraction of sp³-hybridized carbons (Fsp3) is 0.385. The van der Waals surface area contributed by atoms with E-state index in [4.69, 9.17) is 22.0 Å². The van der Waals surface area contributed by atoms with Crippen LogP contribution in [0.5, 0.6) is 0 Å². The molecule has 0 saturated carbocycles. The van der Waals surface area contributed by atoms with Crippen molar-refractivity contribution >= 4 is 22.4 Å². The van der Waals surface area contributed by atoms with Crippen LogP contribution in [-0.4, -0.2) is 22.2 Å². The molecule has 1 atom stereocenters. The van der Waals surface area contributed by atoms with Crippen LogP contribution in [-0.2, 0) is 4.74 Å². The Bertz CT molecular complexity index is 656. The molecule has 7 heteroatoms. The number of aromatic nitrogens is 2. The molecule has 1 unspecified atom stereocenters. The van der Waals surface area contributed by atoms with Gasteiger partial charge in [0.05, 0.1) is 11.7 Å². The van der Waals surface area contributed by atoms with Crippen molar-refractivity contribution < 1.29 is 4.74 Å². The number of anilines is 1. The SMILES string of the molecule is N/N=C(\N)c1cc(N)c2cnn(C3CCCCO3)c2c1. The molecule has 0 bridgehead atoms. The molecule has 106 valence electrons. The van der Waals surface area contributed by atoms with Gasteiger partial charge >= 0.3 is 0 Å². The Balaban J connectivity index is 2.11. The molecule has 7 nitrogen and oxygen atoms in total. The largest absolute Gasteiger partial charge is 0.398 e. The van der Waals surface area contributed by atoms with Crippen molar-refractivity contribution in [3.63, 3.8) is 0 Å². The number of hydrogen-bond donors (Lipinski definition) is 3. The van der Waals surface area contributed by atoms with Gasteiger partial charge in [0, 0.05) is 23.2 Å². The molecule has 0 radical (unpaired) electrons. The van der Waals surface area contributed by atoms with Gasteiger partial charge in [0.1, 0.15) is 5.84 Å². The summed E-state index contributed by atoms with van der Waals surface area (Å²) in [5.74, 6) is 5.48. The molecule has 2 aromatic rings. The van der Waals surface area contributed by atoms with E-state index in [0.717, 1.165) is 36.8 Å². The quantitative estimate of drug-likeness (QED) is 0.247. The Morgan fingerprint density at radius 2 is 2.25 bits per heavy atom. The number of nitrogens with two attached hydrogens (primary N) is 3. The Hall–Kier alpha value is -2.28. The van der Waals surface area contributed by atoms with Gasteiger partial charge in [-0.05, 0) is 31.4 Å². The van der Waals surface area contributed by atoms with Crippen LogP contribution in [0.25, 0.3) is 10.9 Å². The number of benzene rings is 1. The molecule has 0 spiro atoms. The molecule has 1 aliphatic heterocycles. The number of fused-ring (bicyclic) bond motifs is 1. The third-order valence-corrected chi connectivity index (χ3v) is 3.61. The maximum Gasteiger partial charge on any atom is 0.150 e. The van der Waals surface area contributed by atoms with E-state index in [-0.39, 0.29) is 12.1 Å². The number of hydrogen-bond acceptors (Lipinski definition) is 5. The first kappa shape index (κ1) is 12.7. The normalized spacial score (nSPS) is 20.4. The summed E-state index contributed by atoms with van der Waals surface area (Å²) in [5.41, 5.74) is 14.0. The van der Waals surface area contributed by atoms with Crippen LogP contribution in [0.4, 0.5) is 5.69 Å². The standard InChI is InChI=1S/C13H18N6O/c14-10-5-8(13(15)18-16)6-11-9(10)7-17-19(11)12-3-1-2-4-20-12/h5-7,12H,1-4,14,16H2,(H2,15,18). The van der Waals surface area contributed by atoms with Crippen molar-refractivity contribution in [3.8, 4) is 0 Å². The van der Waals surface area contributed by atoms with Crippen molar-refractivity contribution in [1.29, 1.82) is 0 Å². The van der Waals surface area contributed by atoms with Crippen LogP contribution in [0, 0.1) is 0 Å². The lowest BCUT2D eigenvalue weighted by atomic mass is 10.1.